The fourth-order valence-corrected chi connectivity index (χ4v) is 2.69. The van der Waals surface area contributed by atoms with E-state index in [1.165, 1.54) is 10.8 Å². The summed E-state index contributed by atoms with van der Waals surface area (Å²) in [5.74, 6) is 1.77. The van der Waals surface area contributed by atoms with Gasteiger partial charge in [0.1, 0.15) is 11.5 Å². The van der Waals surface area contributed by atoms with E-state index in [1.807, 2.05) is 36.4 Å². The van der Waals surface area contributed by atoms with Gasteiger partial charge < -0.3 is 4.74 Å². The molecule has 3 aromatic rings. The molecule has 0 radical (unpaired) electrons. The summed E-state index contributed by atoms with van der Waals surface area (Å²) >= 11 is 2.34. The Kier molecular flexibility index (Phi) is 3.19. The van der Waals surface area contributed by atoms with Gasteiger partial charge >= 0.3 is 0 Å². The van der Waals surface area contributed by atoms with Gasteiger partial charge in [-0.25, -0.2) is 0 Å². The van der Waals surface area contributed by atoms with Crippen molar-refractivity contribution in [2.75, 3.05) is 0 Å². The van der Waals surface area contributed by atoms with Gasteiger partial charge in [-0.15, -0.1) is 0 Å². The van der Waals surface area contributed by atoms with Gasteiger partial charge in [0.15, 0.2) is 0 Å². The van der Waals surface area contributed by atoms with Gasteiger partial charge in [0, 0.05) is 0 Å². The summed E-state index contributed by atoms with van der Waals surface area (Å²) in [6.45, 7) is 0. The number of benzene rings is 3. The second-order valence-corrected chi connectivity index (χ2v) is 5.09. The van der Waals surface area contributed by atoms with E-state index in [4.69, 9.17) is 4.74 Å². The maximum absolute atomic E-state index is 5.91. The molecule has 88 valence electrons. The molecule has 0 aliphatic heterocycles. The van der Waals surface area contributed by atoms with Crippen LogP contribution in [0.5, 0.6) is 11.5 Å². The van der Waals surface area contributed by atoms with Crippen molar-refractivity contribution in [2.45, 2.75) is 0 Å². The van der Waals surface area contributed by atoms with Crippen molar-refractivity contribution >= 4 is 33.4 Å². The summed E-state index contributed by atoms with van der Waals surface area (Å²) < 4.78 is 7.06. The minimum atomic E-state index is 0.866. The third-order valence-electron chi connectivity index (χ3n) is 2.80. The second kappa shape index (κ2) is 4.98. The SMILES string of the molecule is Ic1c(Oc2ccccc2)ccc2ccccc12. The summed E-state index contributed by atoms with van der Waals surface area (Å²) in [6, 6.07) is 22.3. The van der Waals surface area contributed by atoms with Gasteiger partial charge in [0.2, 0.25) is 0 Å². The number of para-hydroxylation sites is 1. The quantitative estimate of drug-likeness (QED) is 0.577. The molecule has 1 nitrogen and oxygen atoms in total. The first-order valence-corrected chi connectivity index (χ1v) is 6.82. The zero-order chi connectivity index (χ0) is 12.4. The highest BCUT2D eigenvalue weighted by atomic mass is 127. The fourth-order valence-electron chi connectivity index (χ4n) is 1.91. The van der Waals surface area contributed by atoms with Crippen molar-refractivity contribution in [3.05, 3.63) is 70.3 Å². The van der Waals surface area contributed by atoms with Gasteiger partial charge in [-0.05, 0) is 51.6 Å². The highest BCUT2D eigenvalue weighted by Crippen LogP contribution is 2.32. The first-order valence-electron chi connectivity index (χ1n) is 5.75. The van der Waals surface area contributed by atoms with Crippen molar-refractivity contribution < 1.29 is 4.74 Å². The minimum absolute atomic E-state index is 0.866. The lowest BCUT2D eigenvalue weighted by atomic mass is 10.1. The highest BCUT2D eigenvalue weighted by molar-refractivity contribution is 14.1. The van der Waals surface area contributed by atoms with Crippen LogP contribution in [0.1, 0.15) is 0 Å². The number of halogens is 1. The Labute approximate surface area is 120 Å². The molecule has 0 aliphatic carbocycles. The standard InChI is InChI=1S/C16H11IO/c17-16-14-9-5-4-6-12(14)10-11-15(16)18-13-7-2-1-3-8-13/h1-11H. The van der Waals surface area contributed by atoms with E-state index in [-0.39, 0.29) is 0 Å². The lowest BCUT2D eigenvalue weighted by Crippen LogP contribution is -1.88. The van der Waals surface area contributed by atoms with Gasteiger partial charge in [-0.1, -0.05) is 48.5 Å². The Morgan fingerprint density at radius 3 is 2.28 bits per heavy atom. The van der Waals surface area contributed by atoms with Crippen LogP contribution in [0.2, 0.25) is 0 Å². The first-order chi connectivity index (χ1) is 8.84. The van der Waals surface area contributed by atoms with Crippen LogP contribution in [-0.4, -0.2) is 0 Å². The molecule has 0 aromatic heterocycles. The van der Waals surface area contributed by atoms with Crippen LogP contribution < -0.4 is 4.74 Å². The molecule has 0 amide bonds. The number of ether oxygens (including phenoxy) is 1. The Morgan fingerprint density at radius 1 is 0.722 bits per heavy atom. The topological polar surface area (TPSA) is 9.23 Å². The number of fused-ring (bicyclic) bond motifs is 1. The van der Waals surface area contributed by atoms with Crippen LogP contribution in [0.25, 0.3) is 10.8 Å². The zero-order valence-corrected chi connectivity index (χ0v) is 11.8. The molecule has 18 heavy (non-hydrogen) atoms. The second-order valence-electron chi connectivity index (χ2n) is 4.01. The normalized spacial score (nSPS) is 10.5. The zero-order valence-electron chi connectivity index (χ0n) is 9.64. The van der Waals surface area contributed by atoms with Crippen LogP contribution in [0, 0.1) is 3.57 Å². The molecule has 0 spiro atoms. The van der Waals surface area contributed by atoms with E-state index in [0.717, 1.165) is 15.1 Å². The van der Waals surface area contributed by atoms with Crippen molar-refractivity contribution in [3.8, 4) is 11.5 Å². The van der Waals surface area contributed by atoms with E-state index in [1.54, 1.807) is 0 Å². The molecular formula is C16H11IO. The van der Waals surface area contributed by atoms with Crippen molar-refractivity contribution in [3.63, 3.8) is 0 Å². The van der Waals surface area contributed by atoms with E-state index in [2.05, 4.69) is 52.9 Å². The number of rotatable bonds is 2. The summed E-state index contributed by atoms with van der Waals surface area (Å²) in [7, 11) is 0. The molecular weight excluding hydrogens is 335 g/mol. The van der Waals surface area contributed by atoms with E-state index in [0.29, 0.717) is 0 Å². The molecule has 0 bridgehead atoms. The van der Waals surface area contributed by atoms with Crippen molar-refractivity contribution in [2.24, 2.45) is 0 Å². The van der Waals surface area contributed by atoms with Crippen LogP contribution >= 0.6 is 22.6 Å². The molecule has 0 fully saturated rings. The maximum Gasteiger partial charge on any atom is 0.141 e. The molecule has 0 heterocycles. The van der Waals surface area contributed by atoms with Crippen LogP contribution in [-0.2, 0) is 0 Å². The Bertz CT molecular complexity index is 677. The minimum Gasteiger partial charge on any atom is -0.456 e. The van der Waals surface area contributed by atoms with Gasteiger partial charge in [0.25, 0.3) is 0 Å². The van der Waals surface area contributed by atoms with Gasteiger partial charge in [-0.2, -0.15) is 0 Å². The Hall–Kier alpha value is -1.55. The Morgan fingerprint density at radius 2 is 1.44 bits per heavy atom. The predicted molar refractivity (Wildman–Crippen MR) is 83.2 cm³/mol. The first kappa shape index (κ1) is 11.5. The van der Waals surface area contributed by atoms with Gasteiger partial charge in [0.05, 0.1) is 3.57 Å². The predicted octanol–water partition coefficient (Wildman–Crippen LogP) is 5.24. The maximum atomic E-state index is 5.91. The lowest BCUT2D eigenvalue weighted by molar-refractivity contribution is 0.480. The number of hydrogen-bond donors (Lipinski definition) is 0. The van der Waals surface area contributed by atoms with Crippen LogP contribution in [0.4, 0.5) is 0 Å². The summed E-state index contributed by atoms with van der Waals surface area (Å²) in [4.78, 5) is 0. The van der Waals surface area contributed by atoms with Crippen LogP contribution in [0.15, 0.2) is 66.7 Å². The third kappa shape index (κ3) is 2.20. The fraction of sp³-hybridized carbons (Fsp3) is 0. The molecule has 0 saturated carbocycles. The van der Waals surface area contributed by atoms with E-state index < -0.39 is 0 Å². The smallest absolute Gasteiger partial charge is 0.141 e. The Balaban J connectivity index is 2.05. The lowest BCUT2D eigenvalue weighted by Gasteiger charge is -2.09. The number of hydrogen-bond acceptors (Lipinski definition) is 1. The van der Waals surface area contributed by atoms with Crippen LogP contribution in [0.3, 0.4) is 0 Å². The molecule has 3 rings (SSSR count). The van der Waals surface area contributed by atoms with E-state index in [9.17, 15) is 0 Å². The molecule has 0 N–H and O–H groups in total. The molecule has 0 aliphatic rings. The molecule has 0 atom stereocenters. The summed E-state index contributed by atoms with van der Waals surface area (Å²) in [6.07, 6.45) is 0. The summed E-state index contributed by atoms with van der Waals surface area (Å²) in [5.41, 5.74) is 0. The molecule has 3 aromatic carbocycles. The average molecular weight is 346 g/mol. The van der Waals surface area contributed by atoms with Crippen molar-refractivity contribution in [1.82, 2.24) is 0 Å². The molecule has 0 unspecified atom stereocenters. The van der Waals surface area contributed by atoms with Gasteiger partial charge in [-0.3, -0.25) is 0 Å². The molecule has 2 heteroatoms. The summed E-state index contributed by atoms with van der Waals surface area (Å²) in [5, 5.41) is 2.47. The average Bonchev–Trinajstić information content (AvgIpc) is 2.43. The highest BCUT2D eigenvalue weighted by Gasteiger charge is 2.06. The van der Waals surface area contributed by atoms with E-state index >= 15 is 0 Å². The molecule has 0 saturated heterocycles. The monoisotopic (exact) mass is 346 g/mol. The third-order valence-corrected chi connectivity index (χ3v) is 3.91. The van der Waals surface area contributed by atoms with Crippen molar-refractivity contribution in [1.29, 1.82) is 0 Å². The largest absolute Gasteiger partial charge is 0.456 e.